The van der Waals surface area contributed by atoms with Crippen LogP contribution < -0.4 is 5.43 Å². The lowest BCUT2D eigenvalue weighted by Gasteiger charge is -2.62. The molecule has 3 saturated carbocycles. The third-order valence-electron chi connectivity index (χ3n) is 11.0. The number of nitrogens with zero attached hydrogens (tertiary/aromatic N) is 1. The first-order valence-electron chi connectivity index (χ1n) is 14.6. The molecule has 5 nitrogen and oxygen atoms in total. The molecule has 0 saturated heterocycles. The molecule has 0 heterocycles. The van der Waals surface area contributed by atoms with Crippen molar-refractivity contribution in [3.63, 3.8) is 0 Å². The van der Waals surface area contributed by atoms with Crippen molar-refractivity contribution in [2.24, 2.45) is 33.7 Å². The number of ketones is 1. The number of aliphatic hydroxyl groups excluding tert-OH is 1. The van der Waals surface area contributed by atoms with Crippen molar-refractivity contribution < 1.29 is 19.4 Å². The summed E-state index contributed by atoms with van der Waals surface area (Å²) < 4.78 is 17.5. The molecule has 0 aromatic heterocycles. The minimum absolute atomic E-state index is 0.0705. The standard InChI is InChI=1S/C33H45FN2O3/c1-8-27(37)33(39)20(2)17-26-25-14-11-22-18-24(36-35-23-12-9-21(10-13-23)29(3,4)5)15-16-30(22,6)32(25,34)28(38)19-31(26,33)7/h9-10,12-13,15-16,18,20,25-26,28,35,38-39H,8,11,14,17,19H2,1-7H3/b36-24+/t20-,25+,26+,28+,30+,31+,32+,33+/m1/s1. The van der Waals surface area contributed by atoms with Gasteiger partial charge in [-0.25, -0.2) is 4.39 Å². The van der Waals surface area contributed by atoms with Gasteiger partial charge in [0.2, 0.25) is 0 Å². The fourth-order valence-electron chi connectivity index (χ4n) is 8.66. The van der Waals surface area contributed by atoms with E-state index in [4.69, 9.17) is 0 Å². The molecule has 0 radical (unpaired) electrons. The Kier molecular flexibility index (Phi) is 6.59. The molecule has 8 atom stereocenters. The van der Waals surface area contributed by atoms with Crippen molar-refractivity contribution in [2.45, 2.75) is 103 Å². The summed E-state index contributed by atoms with van der Waals surface area (Å²) in [5.41, 5.74) is 1.73. The predicted molar refractivity (Wildman–Crippen MR) is 154 cm³/mol. The number of carbonyl (C=O) groups is 1. The monoisotopic (exact) mass is 536 g/mol. The van der Waals surface area contributed by atoms with E-state index >= 15 is 4.39 Å². The fourth-order valence-corrected chi connectivity index (χ4v) is 8.66. The third-order valence-corrected chi connectivity index (χ3v) is 11.0. The molecule has 4 aliphatic carbocycles. The second-order valence-corrected chi connectivity index (χ2v) is 14.0. The van der Waals surface area contributed by atoms with Gasteiger partial charge < -0.3 is 10.2 Å². The van der Waals surface area contributed by atoms with Crippen LogP contribution in [0.3, 0.4) is 0 Å². The van der Waals surface area contributed by atoms with Crippen molar-refractivity contribution in [3.05, 3.63) is 53.6 Å². The second-order valence-electron chi connectivity index (χ2n) is 14.0. The SMILES string of the molecule is CCC(=O)[C@@]1(O)[C@H](C)C[C@H]2[C@@H]3CCC4=C/C(=N/Nc5ccc(C(C)(C)C)cc5)C=C[C@]4(C)[C@@]3(F)[C@@H](O)C[C@@]21C. The van der Waals surface area contributed by atoms with Gasteiger partial charge in [-0.15, -0.1) is 0 Å². The van der Waals surface area contributed by atoms with E-state index in [0.29, 0.717) is 19.3 Å². The second kappa shape index (κ2) is 9.10. The molecular formula is C33H45FN2O3. The summed E-state index contributed by atoms with van der Waals surface area (Å²) in [5, 5.41) is 27.9. The van der Waals surface area contributed by atoms with Gasteiger partial charge in [-0.05, 0) is 79.7 Å². The summed E-state index contributed by atoms with van der Waals surface area (Å²) in [7, 11) is 0. The number of hydrogen-bond acceptors (Lipinski definition) is 5. The van der Waals surface area contributed by atoms with Gasteiger partial charge in [0, 0.05) is 23.2 Å². The van der Waals surface area contributed by atoms with Crippen LogP contribution in [0.4, 0.5) is 10.1 Å². The Balaban J connectivity index is 1.42. The molecule has 6 heteroatoms. The first kappa shape index (κ1) is 28.2. The first-order valence-corrected chi connectivity index (χ1v) is 14.6. The largest absolute Gasteiger partial charge is 0.390 e. The number of halogens is 1. The van der Waals surface area contributed by atoms with Gasteiger partial charge in [-0.1, -0.05) is 65.3 Å². The molecule has 1 aromatic carbocycles. The molecule has 0 unspecified atom stereocenters. The van der Waals surface area contributed by atoms with Crippen LogP contribution >= 0.6 is 0 Å². The van der Waals surface area contributed by atoms with Gasteiger partial charge in [-0.3, -0.25) is 10.2 Å². The number of anilines is 1. The number of hydrogen-bond donors (Lipinski definition) is 3. The molecule has 0 spiro atoms. The fraction of sp³-hybridized carbons (Fsp3) is 0.636. The van der Waals surface area contributed by atoms with Crippen LogP contribution in [-0.2, 0) is 10.2 Å². The highest BCUT2D eigenvalue weighted by molar-refractivity contribution is 6.06. The highest BCUT2D eigenvalue weighted by atomic mass is 19.1. The predicted octanol–water partition coefficient (Wildman–Crippen LogP) is 6.51. The first-order chi connectivity index (χ1) is 18.1. The normalized spacial score (nSPS) is 42.4. The Morgan fingerprint density at radius 3 is 2.46 bits per heavy atom. The minimum Gasteiger partial charge on any atom is -0.390 e. The maximum Gasteiger partial charge on any atom is 0.164 e. The summed E-state index contributed by atoms with van der Waals surface area (Å²) in [6, 6.07) is 8.22. The highest BCUT2D eigenvalue weighted by Gasteiger charge is 2.75. The highest BCUT2D eigenvalue weighted by Crippen LogP contribution is 2.70. The smallest absolute Gasteiger partial charge is 0.164 e. The van der Waals surface area contributed by atoms with Gasteiger partial charge in [0.15, 0.2) is 11.5 Å². The van der Waals surface area contributed by atoms with Crippen molar-refractivity contribution in [1.29, 1.82) is 0 Å². The number of aliphatic hydroxyl groups is 2. The number of allylic oxidation sites excluding steroid dienone is 4. The van der Waals surface area contributed by atoms with E-state index < -0.39 is 34.1 Å². The molecule has 5 rings (SSSR count). The molecule has 39 heavy (non-hydrogen) atoms. The van der Waals surface area contributed by atoms with Crippen LogP contribution in [0, 0.1) is 28.6 Å². The number of alkyl halides is 1. The zero-order valence-electron chi connectivity index (χ0n) is 24.5. The summed E-state index contributed by atoms with van der Waals surface area (Å²) in [6.45, 7) is 14.0. The minimum atomic E-state index is -1.89. The Hall–Kier alpha value is -2.31. The van der Waals surface area contributed by atoms with Gasteiger partial charge >= 0.3 is 0 Å². The van der Waals surface area contributed by atoms with E-state index in [0.717, 1.165) is 17.0 Å². The molecular weight excluding hydrogens is 491 g/mol. The molecule has 0 aliphatic heterocycles. The van der Waals surface area contributed by atoms with Crippen LogP contribution in [0.1, 0.15) is 86.1 Å². The van der Waals surface area contributed by atoms with Crippen LogP contribution in [0.2, 0.25) is 0 Å². The van der Waals surface area contributed by atoms with Crippen LogP contribution in [0.25, 0.3) is 0 Å². The van der Waals surface area contributed by atoms with E-state index in [1.165, 1.54) is 5.56 Å². The molecule has 3 N–H and O–H groups in total. The number of nitrogens with one attached hydrogen (secondary N) is 1. The van der Waals surface area contributed by atoms with Gasteiger partial charge in [0.25, 0.3) is 0 Å². The molecule has 212 valence electrons. The van der Waals surface area contributed by atoms with Crippen LogP contribution in [0.15, 0.2) is 53.2 Å². The van der Waals surface area contributed by atoms with Crippen molar-refractivity contribution in [1.82, 2.24) is 0 Å². The zero-order valence-corrected chi connectivity index (χ0v) is 24.5. The Morgan fingerprint density at radius 2 is 1.85 bits per heavy atom. The molecule has 3 fully saturated rings. The Morgan fingerprint density at radius 1 is 1.18 bits per heavy atom. The molecule has 4 aliphatic rings. The number of benzene rings is 1. The number of fused-ring (bicyclic) bond motifs is 5. The lowest BCUT2D eigenvalue weighted by atomic mass is 9.44. The van der Waals surface area contributed by atoms with Gasteiger partial charge in [0.1, 0.15) is 5.60 Å². The summed E-state index contributed by atoms with van der Waals surface area (Å²) in [4.78, 5) is 13.0. The average Bonchev–Trinajstić information content (AvgIpc) is 3.09. The summed E-state index contributed by atoms with van der Waals surface area (Å²) >= 11 is 0. The van der Waals surface area contributed by atoms with E-state index in [9.17, 15) is 15.0 Å². The van der Waals surface area contributed by atoms with E-state index in [1.54, 1.807) is 6.92 Å². The lowest BCUT2D eigenvalue weighted by molar-refractivity contribution is -0.218. The van der Waals surface area contributed by atoms with Crippen molar-refractivity contribution >= 4 is 17.2 Å². The topological polar surface area (TPSA) is 81.9 Å². The zero-order chi connectivity index (χ0) is 28.6. The molecule has 1 aromatic rings. The Bertz CT molecular complexity index is 1250. The summed E-state index contributed by atoms with van der Waals surface area (Å²) in [5.74, 6) is -1.10. The van der Waals surface area contributed by atoms with E-state index in [1.807, 2.05) is 51.1 Å². The van der Waals surface area contributed by atoms with Gasteiger partial charge in [0.05, 0.1) is 17.5 Å². The number of carbonyl (C=O) groups excluding carboxylic acids is 1. The Labute approximate surface area is 232 Å². The lowest BCUT2D eigenvalue weighted by Crippen LogP contribution is -2.69. The van der Waals surface area contributed by atoms with Crippen LogP contribution in [-0.4, -0.2) is 39.1 Å². The number of hydrazone groups is 1. The summed E-state index contributed by atoms with van der Waals surface area (Å²) in [6.07, 6.45) is 6.54. The number of rotatable bonds is 4. The molecule has 0 amide bonds. The average molecular weight is 537 g/mol. The maximum absolute atomic E-state index is 17.5. The quantitative estimate of drug-likeness (QED) is 0.383. The molecule has 0 bridgehead atoms. The third kappa shape index (κ3) is 3.84. The van der Waals surface area contributed by atoms with Crippen LogP contribution in [0.5, 0.6) is 0 Å². The van der Waals surface area contributed by atoms with Crippen molar-refractivity contribution in [3.8, 4) is 0 Å². The van der Waals surface area contributed by atoms with E-state index in [-0.39, 0.29) is 35.9 Å². The van der Waals surface area contributed by atoms with E-state index in [2.05, 4.69) is 43.4 Å². The number of Topliss-reactive ketones (excluding diaryl/α,β-unsaturated/α-hetero) is 1. The maximum atomic E-state index is 17.5. The van der Waals surface area contributed by atoms with Gasteiger partial charge in [-0.2, -0.15) is 5.10 Å². The van der Waals surface area contributed by atoms with Crippen molar-refractivity contribution in [2.75, 3.05) is 5.43 Å².